The summed E-state index contributed by atoms with van der Waals surface area (Å²) in [5.41, 5.74) is 2.19. The number of carbonyl (C=O) groups excluding carboxylic acids is 1. The molecule has 2 aromatic carbocycles. The van der Waals surface area contributed by atoms with Gasteiger partial charge in [-0.1, -0.05) is 42.8 Å². The number of nitrogens with one attached hydrogen (secondary N) is 1. The average molecular weight is 395 g/mol. The van der Waals surface area contributed by atoms with E-state index in [2.05, 4.69) is 12.2 Å². The van der Waals surface area contributed by atoms with Gasteiger partial charge in [-0.25, -0.2) is 8.42 Å². The number of nitrogens with zero attached hydrogens (tertiary/aromatic N) is 1. The van der Waals surface area contributed by atoms with Gasteiger partial charge in [-0.2, -0.15) is 4.31 Å². The van der Waals surface area contributed by atoms with E-state index in [1.165, 1.54) is 36.9 Å². The Morgan fingerprint density at radius 1 is 1.12 bits per heavy atom. The summed E-state index contributed by atoms with van der Waals surface area (Å²) in [5.74, 6) is -0.364. The third-order valence-electron chi connectivity index (χ3n) is 4.15. The lowest BCUT2D eigenvalue weighted by Crippen LogP contribution is -2.39. The lowest BCUT2D eigenvalue weighted by molar-refractivity contribution is -0.121. The van der Waals surface area contributed by atoms with Crippen LogP contribution in [0, 0.1) is 0 Å². The number of sulfonamides is 1. The predicted molar refractivity (Wildman–Crippen MR) is 104 cm³/mol. The second-order valence-corrected chi connectivity index (χ2v) is 8.58. The Balaban J connectivity index is 2.00. The Morgan fingerprint density at radius 2 is 1.69 bits per heavy atom. The lowest BCUT2D eigenvalue weighted by Gasteiger charge is -2.19. The molecule has 0 bridgehead atoms. The van der Waals surface area contributed by atoms with Crippen LogP contribution in [-0.2, 0) is 21.2 Å². The van der Waals surface area contributed by atoms with E-state index in [1.807, 2.05) is 31.2 Å². The number of likely N-dealkylation sites (N-methyl/N-ethyl adjacent to an activating group) is 1. The molecule has 1 amide bonds. The maximum Gasteiger partial charge on any atom is 0.243 e. The number of benzene rings is 2. The minimum Gasteiger partial charge on any atom is -0.348 e. The molecule has 0 aliphatic rings. The Kier molecular flexibility index (Phi) is 6.81. The monoisotopic (exact) mass is 394 g/mol. The third-order valence-corrected chi connectivity index (χ3v) is 6.22. The van der Waals surface area contributed by atoms with Crippen molar-refractivity contribution in [3.63, 3.8) is 0 Å². The van der Waals surface area contributed by atoms with Gasteiger partial charge in [0.05, 0.1) is 17.5 Å². The van der Waals surface area contributed by atoms with Crippen LogP contribution in [0.1, 0.15) is 31.0 Å². The van der Waals surface area contributed by atoms with Gasteiger partial charge in [0, 0.05) is 12.1 Å². The van der Waals surface area contributed by atoms with Crippen molar-refractivity contribution in [1.29, 1.82) is 0 Å². The number of hydrogen-bond donors (Lipinski definition) is 1. The molecule has 7 heteroatoms. The van der Waals surface area contributed by atoms with Crippen LogP contribution in [0.5, 0.6) is 0 Å². The molecule has 0 fully saturated rings. The second kappa shape index (κ2) is 8.66. The maximum absolute atomic E-state index is 12.5. The molecule has 2 aromatic rings. The highest BCUT2D eigenvalue weighted by Crippen LogP contribution is 2.18. The van der Waals surface area contributed by atoms with E-state index in [0.717, 1.165) is 16.3 Å². The minimum atomic E-state index is -3.75. The van der Waals surface area contributed by atoms with E-state index in [0.29, 0.717) is 5.02 Å². The fourth-order valence-electron chi connectivity index (χ4n) is 2.49. The van der Waals surface area contributed by atoms with Crippen LogP contribution >= 0.6 is 11.6 Å². The van der Waals surface area contributed by atoms with Crippen molar-refractivity contribution in [2.24, 2.45) is 0 Å². The molecule has 0 aromatic heterocycles. The van der Waals surface area contributed by atoms with Crippen LogP contribution in [-0.4, -0.2) is 32.2 Å². The SMILES string of the molecule is CCc1ccc([C@H](C)NC(=O)CN(C)S(=O)(=O)c2ccc(Cl)cc2)cc1. The largest absolute Gasteiger partial charge is 0.348 e. The summed E-state index contributed by atoms with van der Waals surface area (Å²) in [6.45, 7) is 3.69. The first-order valence-electron chi connectivity index (χ1n) is 8.34. The molecular formula is C19H23ClN2O3S. The van der Waals surface area contributed by atoms with Crippen molar-refractivity contribution in [3.8, 4) is 0 Å². The van der Waals surface area contributed by atoms with Gasteiger partial charge in [0.1, 0.15) is 0 Å². The van der Waals surface area contributed by atoms with Crippen molar-refractivity contribution in [2.45, 2.75) is 31.2 Å². The molecule has 0 aliphatic heterocycles. The Morgan fingerprint density at radius 3 is 2.23 bits per heavy atom. The topological polar surface area (TPSA) is 66.5 Å². The molecule has 0 saturated heterocycles. The Bertz CT molecular complexity index is 849. The number of amides is 1. The summed E-state index contributed by atoms with van der Waals surface area (Å²) in [4.78, 5) is 12.4. The first-order valence-corrected chi connectivity index (χ1v) is 10.2. The van der Waals surface area contributed by atoms with Gasteiger partial charge in [-0.3, -0.25) is 4.79 Å². The Hall–Kier alpha value is -1.89. The first kappa shape index (κ1) is 20.4. The number of rotatable bonds is 7. The molecule has 1 atom stereocenters. The zero-order valence-corrected chi connectivity index (χ0v) is 16.6. The van der Waals surface area contributed by atoms with Gasteiger partial charge >= 0.3 is 0 Å². The van der Waals surface area contributed by atoms with Crippen LogP contribution in [0.4, 0.5) is 0 Å². The second-order valence-electron chi connectivity index (χ2n) is 6.10. The molecular weight excluding hydrogens is 372 g/mol. The zero-order valence-electron chi connectivity index (χ0n) is 15.1. The maximum atomic E-state index is 12.5. The molecule has 0 saturated carbocycles. The van der Waals surface area contributed by atoms with Gasteiger partial charge in [-0.15, -0.1) is 0 Å². The summed E-state index contributed by atoms with van der Waals surface area (Å²) in [5, 5.41) is 3.28. The molecule has 2 rings (SSSR count). The summed E-state index contributed by atoms with van der Waals surface area (Å²) in [6.07, 6.45) is 0.953. The highest BCUT2D eigenvalue weighted by Gasteiger charge is 2.23. The predicted octanol–water partition coefficient (Wildman–Crippen LogP) is 3.40. The Labute approximate surface area is 160 Å². The van der Waals surface area contributed by atoms with E-state index in [-0.39, 0.29) is 23.4 Å². The number of aryl methyl sites for hydroxylation is 1. The molecule has 140 valence electrons. The highest BCUT2D eigenvalue weighted by atomic mass is 35.5. The number of halogens is 1. The molecule has 0 heterocycles. The number of hydrogen-bond acceptors (Lipinski definition) is 3. The van der Waals surface area contributed by atoms with Gasteiger partial charge in [0.25, 0.3) is 0 Å². The molecule has 26 heavy (non-hydrogen) atoms. The van der Waals surface area contributed by atoms with Crippen LogP contribution in [0.3, 0.4) is 0 Å². The van der Waals surface area contributed by atoms with Gasteiger partial charge in [-0.05, 0) is 48.7 Å². The molecule has 1 N–H and O–H groups in total. The van der Waals surface area contributed by atoms with E-state index in [9.17, 15) is 13.2 Å². The summed E-state index contributed by atoms with van der Waals surface area (Å²) in [7, 11) is -2.37. The average Bonchev–Trinajstić information content (AvgIpc) is 2.61. The molecule has 0 unspecified atom stereocenters. The third kappa shape index (κ3) is 5.06. The van der Waals surface area contributed by atoms with Gasteiger partial charge < -0.3 is 5.32 Å². The smallest absolute Gasteiger partial charge is 0.243 e. The normalized spacial score (nSPS) is 12.8. The highest BCUT2D eigenvalue weighted by molar-refractivity contribution is 7.89. The van der Waals surface area contributed by atoms with E-state index < -0.39 is 10.0 Å². The number of carbonyl (C=O) groups is 1. The van der Waals surface area contributed by atoms with Crippen molar-refractivity contribution in [1.82, 2.24) is 9.62 Å². The van der Waals surface area contributed by atoms with E-state index in [4.69, 9.17) is 11.6 Å². The van der Waals surface area contributed by atoms with Crippen LogP contribution in [0.15, 0.2) is 53.4 Å². The first-order chi connectivity index (χ1) is 12.2. The fourth-order valence-corrected chi connectivity index (χ4v) is 3.74. The molecule has 0 spiro atoms. The fraction of sp³-hybridized carbons (Fsp3) is 0.316. The molecule has 0 radical (unpaired) electrons. The minimum absolute atomic E-state index is 0.0976. The quantitative estimate of drug-likeness (QED) is 0.782. The zero-order chi connectivity index (χ0) is 19.3. The molecule has 0 aliphatic carbocycles. The van der Waals surface area contributed by atoms with Crippen molar-refractivity contribution < 1.29 is 13.2 Å². The lowest BCUT2D eigenvalue weighted by atomic mass is 10.1. The van der Waals surface area contributed by atoms with Crippen molar-refractivity contribution in [3.05, 3.63) is 64.7 Å². The van der Waals surface area contributed by atoms with Crippen LogP contribution in [0.25, 0.3) is 0 Å². The van der Waals surface area contributed by atoms with Crippen molar-refractivity contribution >= 4 is 27.5 Å². The van der Waals surface area contributed by atoms with Gasteiger partial charge in [0.15, 0.2) is 0 Å². The summed E-state index contributed by atoms with van der Waals surface area (Å²) < 4.78 is 26.0. The molecule has 5 nitrogen and oxygen atoms in total. The van der Waals surface area contributed by atoms with E-state index in [1.54, 1.807) is 0 Å². The van der Waals surface area contributed by atoms with Crippen LogP contribution < -0.4 is 5.32 Å². The van der Waals surface area contributed by atoms with Crippen LogP contribution in [0.2, 0.25) is 5.02 Å². The standard InChI is InChI=1S/C19H23ClN2O3S/c1-4-15-5-7-16(8-6-15)14(2)21-19(23)13-22(3)26(24,25)18-11-9-17(20)10-12-18/h5-12,14H,4,13H2,1-3H3,(H,21,23)/t14-/m0/s1. The van der Waals surface area contributed by atoms with Gasteiger partial charge in [0.2, 0.25) is 15.9 Å². The summed E-state index contributed by atoms with van der Waals surface area (Å²) >= 11 is 5.79. The van der Waals surface area contributed by atoms with Crippen molar-refractivity contribution in [2.75, 3.05) is 13.6 Å². The van der Waals surface area contributed by atoms with E-state index >= 15 is 0 Å². The summed E-state index contributed by atoms with van der Waals surface area (Å²) in [6, 6.07) is 13.6.